The van der Waals surface area contributed by atoms with Gasteiger partial charge in [-0.1, -0.05) is 60.3 Å². The maximum Gasteiger partial charge on any atom is 0.416 e. The maximum absolute atomic E-state index is 13.1. The summed E-state index contributed by atoms with van der Waals surface area (Å²) in [6.45, 7) is 0.273. The number of aromatic nitrogens is 2. The summed E-state index contributed by atoms with van der Waals surface area (Å²) in [4.78, 5) is 30.1. The van der Waals surface area contributed by atoms with Crippen LogP contribution in [0.1, 0.15) is 11.1 Å². The van der Waals surface area contributed by atoms with E-state index in [1.165, 1.54) is 16.7 Å². The SMILES string of the molecule is O=C(CSc1nc2ccccc2c(=O)n1Cc1ccccc1)Nc1cccc(C(F)(F)F)c1. The average Bonchev–Trinajstić information content (AvgIpc) is 2.80. The average molecular weight is 469 g/mol. The molecule has 0 aliphatic carbocycles. The molecule has 9 heteroatoms. The third-order valence-electron chi connectivity index (χ3n) is 4.82. The fraction of sp³-hybridized carbons (Fsp3) is 0.125. The summed E-state index contributed by atoms with van der Waals surface area (Å²) in [6.07, 6.45) is -4.50. The lowest BCUT2D eigenvalue weighted by atomic mass is 10.2. The molecule has 4 aromatic rings. The Balaban J connectivity index is 1.57. The Labute approximate surface area is 191 Å². The number of rotatable bonds is 6. The molecule has 3 aromatic carbocycles. The zero-order chi connectivity index (χ0) is 23.4. The highest BCUT2D eigenvalue weighted by molar-refractivity contribution is 7.99. The van der Waals surface area contributed by atoms with Gasteiger partial charge in [-0.15, -0.1) is 0 Å². The predicted molar refractivity (Wildman–Crippen MR) is 122 cm³/mol. The molecule has 0 atom stereocenters. The van der Waals surface area contributed by atoms with E-state index in [1.54, 1.807) is 24.3 Å². The van der Waals surface area contributed by atoms with Crippen LogP contribution in [0.25, 0.3) is 10.9 Å². The van der Waals surface area contributed by atoms with E-state index in [-0.39, 0.29) is 23.5 Å². The number of halogens is 3. The number of fused-ring (bicyclic) bond motifs is 1. The van der Waals surface area contributed by atoms with Gasteiger partial charge in [-0.05, 0) is 35.9 Å². The van der Waals surface area contributed by atoms with Crippen LogP contribution in [0, 0.1) is 0 Å². The van der Waals surface area contributed by atoms with Gasteiger partial charge in [-0.3, -0.25) is 14.2 Å². The number of nitrogens with one attached hydrogen (secondary N) is 1. The molecule has 0 aliphatic rings. The van der Waals surface area contributed by atoms with Gasteiger partial charge in [0, 0.05) is 5.69 Å². The molecule has 0 aliphatic heterocycles. The highest BCUT2D eigenvalue weighted by Gasteiger charge is 2.30. The lowest BCUT2D eigenvalue weighted by Crippen LogP contribution is -2.25. The molecule has 1 heterocycles. The molecule has 0 unspecified atom stereocenters. The van der Waals surface area contributed by atoms with Crippen molar-refractivity contribution >= 4 is 34.3 Å². The summed E-state index contributed by atoms with van der Waals surface area (Å²) < 4.78 is 40.2. The Morgan fingerprint density at radius 3 is 2.45 bits per heavy atom. The molecule has 1 N–H and O–H groups in total. The first-order valence-electron chi connectivity index (χ1n) is 9.95. The van der Waals surface area contributed by atoms with Crippen molar-refractivity contribution in [2.45, 2.75) is 17.9 Å². The summed E-state index contributed by atoms with van der Waals surface area (Å²) in [6, 6.07) is 20.7. The Hall–Kier alpha value is -3.59. The largest absolute Gasteiger partial charge is 0.416 e. The number of alkyl halides is 3. The zero-order valence-corrected chi connectivity index (χ0v) is 18.0. The summed E-state index contributed by atoms with van der Waals surface area (Å²) in [7, 11) is 0. The number of nitrogens with zero attached hydrogens (tertiary/aromatic N) is 2. The van der Waals surface area contributed by atoms with Crippen LogP contribution in [-0.4, -0.2) is 21.2 Å². The zero-order valence-electron chi connectivity index (χ0n) is 17.2. The Kier molecular flexibility index (Phi) is 6.50. The smallest absolute Gasteiger partial charge is 0.325 e. The van der Waals surface area contributed by atoms with E-state index < -0.39 is 17.6 Å². The second-order valence-electron chi connectivity index (χ2n) is 7.20. The first-order valence-corrected chi connectivity index (χ1v) is 10.9. The number of amides is 1. The molecular weight excluding hydrogens is 451 g/mol. The third kappa shape index (κ3) is 5.43. The molecule has 0 radical (unpaired) electrons. The van der Waals surface area contributed by atoms with Crippen LogP contribution in [0.4, 0.5) is 18.9 Å². The van der Waals surface area contributed by atoms with Crippen molar-refractivity contribution in [1.29, 1.82) is 0 Å². The topological polar surface area (TPSA) is 64.0 Å². The van der Waals surface area contributed by atoms with Crippen LogP contribution >= 0.6 is 11.8 Å². The van der Waals surface area contributed by atoms with E-state index in [9.17, 15) is 22.8 Å². The van der Waals surface area contributed by atoms with Gasteiger partial charge >= 0.3 is 6.18 Å². The standard InChI is InChI=1S/C24H18F3N3O2S/c25-24(26,27)17-9-6-10-18(13-17)28-21(31)15-33-23-29-20-12-5-4-11-19(20)22(32)30(23)14-16-7-2-1-3-8-16/h1-13H,14-15H2,(H,28,31). The minimum Gasteiger partial charge on any atom is -0.325 e. The maximum atomic E-state index is 13.1. The molecule has 4 rings (SSSR count). The first-order chi connectivity index (χ1) is 15.8. The van der Waals surface area contributed by atoms with Gasteiger partial charge in [0.25, 0.3) is 5.56 Å². The van der Waals surface area contributed by atoms with Crippen molar-refractivity contribution in [3.8, 4) is 0 Å². The van der Waals surface area contributed by atoms with E-state index in [0.717, 1.165) is 29.5 Å². The van der Waals surface area contributed by atoms with Gasteiger partial charge in [-0.2, -0.15) is 13.2 Å². The number of para-hydroxylation sites is 1. The van der Waals surface area contributed by atoms with E-state index in [1.807, 2.05) is 30.3 Å². The van der Waals surface area contributed by atoms with Gasteiger partial charge in [-0.25, -0.2) is 4.98 Å². The third-order valence-corrected chi connectivity index (χ3v) is 5.79. The number of benzene rings is 3. The quantitative estimate of drug-likeness (QED) is 0.312. The van der Waals surface area contributed by atoms with E-state index in [2.05, 4.69) is 10.3 Å². The monoisotopic (exact) mass is 469 g/mol. The van der Waals surface area contributed by atoms with Crippen LogP contribution in [-0.2, 0) is 17.5 Å². The predicted octanol–water partition coefficient (Wildman–Crippen LogP) is 5.19. The number of thioether (sulfide) groups is 1. The van der Waals surface area contributed by atoms with Crippen LogP contribution in [0.2, 0.25) is 0 Å². The Morgan fingerprint density at radius 1 is 0.970 bits per heavy atom. The fourth-order valence-corrected chi connectivity index (χ4v) is 4.06. The minimum atomic E-state index is -4.50. The fourth-order valence-electron chi connectivity index (χ4n) is 3.26. The van der Waals surface area contributed by atoms with Gasteiger partial charge in [0.15, 0.2) is 5.16 Å². The molecule has 0 bridgehead atoms. The number of carbonyl (C=O) groups excluding carboxylic acids is 1. The molecule has 0 saturated heterocycles. The van der Waals surface area contributed by atoms with Crippen molar-refractivity contribution in [3.63, 3.8) is 0 Å². The summed E-state index contributed by atoms with van der Waals surface area (Å²) in [5.74, 6) is -0.636. The number of hydrogen-bond acceptors (Lipinski definition) is 4. The van der Waals surface area contributed by atoms with Crippen molar-refractivity contribution in [2.24, 2.45) is 0 Å². The number of carbonyl (C=O) groups is 1. The van der Waals surface area contributed by atoms with Crippen LogP contribution in [0.3, 0.4) is 0 Å². The molecule has 1 aromatic heterocycles. The van der Waals surface area contributed by atoms with Crippen LogP contribution < -0.4 is 10.9 Å². The minimum absolute atomic E-state index is 0.0450. The highest BCUT2D eigenvalue weighted by atomic mass is 32.2. The normalized spacial score (nSPS) is 11.5. The van der Waals surface area contributed by atoms with Gasteiger partial charge in [0.2, 0.25) is 5.91 Å². The highest BCUT2D eigenvalue weighted by Crippen LogP contribution is 2.30. The lowest BCUT2D eigenvalue weighted by molar-refractivity contribution is -0.137. The summed E-state index contributed by atoms with van der Waals surface area (Å²) in [5.41, 5.74) is 0.370. The van der Waals surface area contributed by atoms with Gasteiger partial charge in [0.1, 0.15) is 0 Å². The van der Waals surface area contributed by atoms with Crippen LogP contribution in [0.15, 0.2) is 88.8 Å². The van der Waals surface area contributed by atoms with Crippen molar-refractivity contribution in [3.05, 3.63) is 100 Å². The van der Waals surface area contributed by atoms with E-state index >= 15 is 0 Å². The van der Waals surface area contributed by atoms with E-state index in [4.69, 9.17) is 0 Å². The number of anilines is 1. The van der Waals surface area contributed by atoms with Crippen molar-refractivity contribution in [2.75, 3.05) is 11.1 Å². The second-order valence-corrected chi connectivity index (χ2v) is 8.15. The first kappa shape index (κ1) is 22.6. The summed E-state index contributed by atoms with van der Waals surface area (Å²) >= 11 is 1.05. The van der Waals surface area contributed by atoms with E-state index in [0.29, 0.717) is 16.1 Å². The van der Waals surface area contributed by atoms with Crippen LogP contribution in [0.5, 0.6) is 0 Å². The molecule has 168 valence electrons. The van der Waals surface area contributed by atoms with Gasteiger partial charge in [0.05, 0.1) is 28.8 Å². The molecule has 5 nitrogen and oxygen atoms in total. The lowest BCUT2D eigenvalue weighted by Gasteiger charge is -2.13. The van der Waals surface area contributed by atoms with Crippen molar-refractivity contribution in [1.82, 2.24) is 9.55 Å². The molecule has 1 amide bonds. The number of hydrogen-bond donors (Lipinski definition) is 1. The molecule has 0 spiro atoms. The Bertz CT molecular complexity index is 1350. The molecule has 0 fully saturated rings. The molecular formula is C24H18F3N3O2S. The Morgan fingerprint density at radius 2 is 1.70 bits per heavy atom. The van der Waals surface area contributed by atoms with Gasteiger partial charge < -0.3 is 5.32 Å². The molecule has 33 heavy (non-hydrogen) atoms. The summed E-state index contributed by atoms with van der Waals surface area (Å²) in [5, 5.41) is 3.28. The van der Waals surface area contributed by atoms with Crippen molar-refractivity contribution < 1.29 is 18.0 Å². The molecule has 0 saturated carbocycles. The second kappa shape index (κ2) is 9.50.